The molecule has 0 amide bonds. The van der Waals surface area contributed by atoms with Crippen LogP contribution in [0.15, 0.2) is 94.7 Å². The monoisotopic (exact) mass is 793 g/mol. The van der Waals surface area contributed by atoms with Gasteiger partial charge in [-0.2, -0.15) is 24.8 Å². The molecule has 10 heteroatoms. The van der Waals surface area contributed by atoms with E-state index in [0.29, 0.717) is 32.4 Å². The van der Waals surface area contributed by atoms with E-state index in [1.54, 1.807) is 11.8 Å². The molecule has 0 saturated carbocycles. The second-order valence-electron chi connectivity index (χ2n) is 15.6. The van der Waals surface area contributed by atoms with Gasteiger partial charge in [0.2, 0.25) is 5.69 Å². The average Bonchev–Trinajstić information content (AvgIpc) is 3.48. The first-order valence-electron chi connectivity index (χ1n) is 19.5. The minimum absolute atomic E-state index is 0.0987. The molecule has 1 N–H and O–H groups in total. The lowest BCUT2D eigenvalue weighted by Gasteiger charge is -2.27. The number of thioether (sulfide) groups is 1. The van der Waals surface area contributed by atoms with Crippen LogP contribution in [0.4, 0.5) is 11.4 Å². The number of rotatable bonds is 18. The number of hydrogen-bond acceptors (Lipinski definition) is 6. The van der Waals surface area contributed by atoms with Crippen molar-refractivity contribution < 1.29 is 27.1 Å². The molecule has 2 heterocycles. The number of unbranched alkanes of at least 4 members (excludes halogenated alkanes) is 4. The maximum atomic E-state index is 11.8. The number of hydrogen-bond donors (Lipinski definition) is 1. The molecule has 0 bridgehead atoms. The van der Waals surface area contributed by atoms with E-state index in [4.69, 9.17) is 16.3 Å². The van der Waals surface area contributed by atoms with Gasteiger partial charge >= 0.3 is 5.97 Å². The molecule has 3 aliphatic rings. The van der Waals surface area contributed by atoms with E-state index < -0.39 is 10.1 Å². The van der Waals surface area contributed by atoms with Crippen LogP contribution >= 0.6 is 23.4 Å². The number of para-hydroxylation sites is 2. The molecule has 0 unspecified atom stereocenters. The van der Waals surface area contributed by atoms with Crippen LogP contribution in [0, 0.1) is 0 Å². The molecule has 292 valence electrons. The Morgan fingerprint density at radius 3 is 2.41 bits per heavy atom. The minimum Gasteiger partial charge on any atom is -0.466 e. The van der Waals surface area contributed by atoms with E-state index in [2.05, 4.69) is 104 Å². The lowest BCUT2D eigenvalue weighted by molar-refractivity contribution is -0.438. The van der Waals surface area contributed by atoms with E-state index in [-0.39, 0.29) is 22.6 Å². The smallest absolute Gasteiger partial charge is 0.306 e. The summed E-state index contributed by atoms with van der Waals surface area (Å²) < 4.78 is 39.8. The number of fused-ring (bicyclic) bond motifs is 2. The number of carbonyl (C=O) groups excluding carboxylic acids is 1. The number of nitrogens with zero attached hydrogens (tertiary/aromatic N) is 2. The van der Waals surface area contributed by atoms with Gasteiger partial charge in [0.15, 0.2) is 5.71 Å². The summed E-state index contributed by atoms with van der Waals surface area (Å²) in [6.07, 6.45) is 19.3. The second kappa shape index (κ2) is 18.7. The normalized spacial score (nSPS) is 19.4. The standard InChI is InChI=1S/C44H57ClN2O5S2/c1-43(2)35-19-8-10-21-37(35)46(28-12-6-7-14-30-52-41(48)27-31-53-5)39(43)25-23-33-17-16-18-34(42(33)45)24-26-40-44(3,4)36-20-9-11-22-38(36)47(40)29-13-15-32-54(49,50)51/h8-11,19-26H,6-7,12-18,27-32H2,1-5H3/p+1. The van der Waals surface area contributed by atoms with Crippen LogP contribution in [0.1, 0.15) is 103 Å². The van der Waals surface area contributed by atoms with Crippen LogP contribution in [-0.2, 0) is 30.5 Å². The lowest BCUT2D eigenvalue weighted by Crippen LogP contribution is -2.28. The zero-order chi connectivity index (χ0) is 38.9. The number of benzene rings is 2. The van der Waals surface area contributed by atoms with Crippen molar-refractivity contribution in [3.8, 4) is 0 Å². The molecule has 5 rings (SSSR count). The Kier molecular flexibility index (Phi) is 14.5. The zero-order valence-corrected chi connectivity index (χ0v) is 35.1. The molecule has 2 aromatic rings. The Balaban J connectivity index is 1.34. The molecule has 0 radical (unpaired) electrons. The average molecular weight is 795 g/mol. The summed E-state index contributed by atoms with van der Waals surface area (Å²) in [5, 5.41) is 0.817. The van der Waals surface area contributed by atoms with Crippen molar-refractivity contribution in [1.82, 2.24) is 0 Å². The number of carbonyl (C=O) groups is 1. The number of halogens is 1. The maximum absolute atomic E-state index is 11.8. The summed E-state index contributed by atoms with van der Waals surface area (Å²) in [7, 11) is -3.98. The third kappa shape index (κ3) is 10.2. The van der Waals surface area contributed by atoms with Crippen molar-refractivity contribution in [1.29, 1.82) is 0 Å². The predicted octanol–water partition coefficient (Wildman–Crippen LogP) is 10.4. The molecule has 0 spiro atoms. The zero-order valence-electron chi connectivity index (χ0n) is 32.7. The Morgan fingerprint density at radius 1 is 0.926 bits per heavy atom. The van der Waals surface area contributed by atoms with Gasteiger partial charge in [-0.1, -0.05) is 74.0 Å². The number of allylic oxidation sites excluding steroid dienone is 8. The highest BCUT2D eigenvalue weighted by molar-refractivity contribution is 7.98. The first-order chi connectivity index (χ1) is 25.8. The summed E-state index contributed by atoms with van der Waals surface area (Å²) in [5.41, 5.74) is 9.28. The van der Waals surface area contributed by atoms with Crippen molar-refractivity contribution in [2.45, 2.75) is 103 Å². The Labute approximate surface area is 333 Å². The van der Waals surface area contributed by atoms with E-state index in [0.717, 1.165) is 84.8 Å². The van der Waals surface area contributed by atoms with Crippen molar-refractivity contribution in [2.24, 2.45) is 0 Å². The van der Waals surface area contributed by atoms with Crippen LogP contribution in [0.3, 0.4) is 0 Å². The SMILES string of the molecule is CSCCC(=O)OCCCCCC[N+]1=C(/C=C/C2=C(Cl)C(=C/C=C3/N(CCCCS(=O)(=O)O)c4ccccc4C3(C)C)/CCC2)C(C)(C)c2ccccc21. The predicted molar refractivity (Wildman–Crippen MR) is 226 cm³/mol. The van der Waals surface area contributed by atoms with Crippen LogP contribution in [-0.4, -0.2) is 66.7 Å². The maximum Gasteiger partial charge on any atom is 0.306 e. The Morgan fingerprint density at radius 2 is 1.65 bits per heavy atom. The molecule has 1 aliphatic carbocycles. The third-order valence-corrected chi connectivity index (χ3v) is 12.9. The Hall–Kier alpha value is -3.11. The van der Waals surface area contributed by atoms with Gasteiger partial charge in [0.1, 0.15) is 6.54 Å². The summed E-state index contributed by atoms with van der Waals surface area (Å²) in [5.74, 6) is 0.475. The highest BCUT2D eigenvalue weighted by Gasteiger charge is 2.44. The van der Waals surface area contributed by atoms with Crippen LogP contribution in [0.5, 0.6) is 0 Å². The van der Waals surface area contributed by atoms with E-state index in [1.165, 1.54) is 22.5 Å². The molecule has 0 saturated heterocycles. The van der Waals surface area contributed by atoms with E-state index >= 15 is 0 Å². The summed E-state index contributed by atoms with van der Waals surface area (Å²) in [6, 6.07) is 17.1. The first-order valence-corrected chi connectivity index (χ1v) is 22.8. The molecule has 7 nitrogen and oxygen atoms in total. The van der Waals surface area contributed by atoms with Crippen molar-refractivity contribution in [2.75, 3.05) is 42.4 Å². The number of esters is 1. The van der Waals surface area contributed by atoms with Crippen LogP contribution in [0.2, 0.25) is 0 Å². The fourth-order valence-electron chi connectivity index (χ4n) is 8.05. The van der Waals surface area contributed by atoms with Gasteiger partial charge in [0.25, 0.3) is 10.1 Å². The number of ether oxygens (including phenoxy) is 1. The van der Waals surface area contributed by atoms with Gasteiger partial charge in [-0.15, -0.1) is 0 Å². The van der Waals surface area contributed by atoms with Gasteiger partial charge in [-0.05, 0) is 100 Å². The van der Waals surface area contributed by atoms with Crippen molar-refractivity contribution >= 4 is 56.5 Å². The van der Waals surface area contributed by atoms with Crippen molar-refractivity contribution in [3.05, 3.63) is 106 Å². The van der Waals surface area contributed by atoms with Gasteiger partial charge in [0.05, 0.1) is 24.2 Å². The molecule has 2 aromatic carbocycles. The molecule has 0 fully saturated rings. The molecular weight excluding hydrogens is 736 g/mol. The van der Waals surface area contributed by atoms with Crippen LogP contribution in [0.25, 0.3) is 0 Å². The fraction of sp³-hybridized carbons (Fsp3) is 0.500. The van der Waals surface area contributed by atoms with Gasteiger partial charge in [0, 0.05) is 58.3 Å². The second-order valence-corrected chi connectivity index (χ2v) is 18.5. The molecule has 0 aromatic heterocycles. The third-order valence-electron chi connectivity index (χ3n) is 11.0. The molecule has 0 atom stereocenters. The minimum atomic E-state index is -3.98. The van der Waals surface area contributed by atoms with E-state index in [9.17, 15) is 17.8 Å². The van der Waals surface area contributed by atoms with Crippen LogP contribution < -0.4 is 4.90 Å². The fourth-order valence-corrected chi connectivity index (χ4v) is 9.31. The topological polar surface area (TPSA) is 86.9 Å². The molecular formula is C44H58ClN2O5S2+. The molecule has 54 heavy (non-hydrogen) atoms. The molecule has 2 aliphatic heterocycles. The van der Waals surface area contributed by atoms with Crippen molar-refractivity contribution in [3.63, 3.8) is 0 Å². The highest BCUT2D eigenvalue weighted by atomic mass is 35.5. The highest BCUT2D eigenvalue weighted by Crippen LogP contribution is 2.48. The Bertz CT molecular complexity index is 1940. The summed E-state index contributed by atoms with van der Waals surface area (Å²) >= 11 is 8.89. The quantitative estimate of drug-likeness (QED) is 0.0696. The summed E-state index contributed by atoms with van der Waals surface area (Å²) in [6.45, 7) is 11.2. The summed E-state index contributed by atoms with van der Waals surface area (Å²) in [4.78, 5) is 14.1. The largest absolute Gasteiger partial charge is 0.466 e. The van der Waals surface area contributed by atoms with Gasteiger partial charge < -0.3 is 9.64 Å². The number of anilines is 1. The first kappa shape index (κ1) is 42.0. The van der Waals surface area contributed by atoms with E-state index in [1.807, 2.05) is 12.3 Å². The lowest BCUT2D eigenvalue weighted by atomic mass is 9.81. The van der Waals surface area contributed by atoms with Gasteiger partial charge in [-0.25, -0.2) is 0 Å². The van der Waals surface area contributed by atoms with Gasteiger partial charge in [-0.3, -0.25) is 9.35 Å².